The van der Waals surface area contributed by atoms with E-state index in [4.69, 9.17) is 9.72 Å². The highest BCUT2D eigenvalue weighted by Gasteiger charge is 2.53. The van der Waals surface area contributed by atoms with Crippen LogP contribution in [0.15, 0.2) is 12.1 Å². The normalized spacial score (nSPS) is 24.9. The first kappa shape index (κ1) is 20.0. The molecule has 3 aromatic rings. The van der Waals surface area contributed by atoms with Crippen LogP contribution in [-0.2, 0) is 22.4 Å². The Hall–Kier alpha value is -2.67. The van der Waals surface area contributed by atoms with E-state index in [-0.39, 0.29) is 5.91 Å². The van der Waals surface area contributed by atoms with Crippen molar-refractivity contribution in [2.45, 2.75) is 52.4 Å². The van der Waals surface area contributed by atoms with E-state index in [1.807, 2.05) is 13.1 Å². The third-order valence-electron chi connectivity index (χ3n) is 8.09. The van der Waals surface area contributed by atoms with Crippen LogP contribution in [0.1, 0.15) is 49.4 Å². The average molecular weight is 434 g/mol. The number of carbonyl (C=O) groups is 1. The van der Waals surface area contributed by atoms with Gasteiger partial charge in [-0.15, -0.1) is 0 Å². The summed E-state index contributed by atoms with van der Waals surface area (Å²) in [7, 11) is 1.88. The molecule has 1 amide bonds. The molecule has 0 radical (unpaired) electrons. The van der Waals surface area contributed by atoms with Gasteiger partial charge in [-0.1, -0.05) is 6.92 Å². The van der Waals surface area contributed by atoms with Crippen LogP contribution in [0.5, 0.6) is 0 Å². The Balaban J connectivity index is 1.28. The Labute approximate surface area is 187 Å². The number of H-pyrrole nitrogens is 2. The van der Waals surface area contributed by atoms with Gasteiger partial charge in [0.1, 0.15) is 5.69 Å². The molecule has 3 heterocycles. The van der Waals surface area contributed by atoms with Crippen molar-refractivity contribution in [2.75, 3.05) is 25.2 Å². The number of carbonyl (C=O) groups excluding carboxylic acids is 1. The van der Waals surface area contributed by atoms with Gasteiger partial charge < -0.3 is 14.6 Å². The zero-order valence-corrected chi connectivity index (χ0v) is 19.1. The summed E-state index contributed by atoms with van der Waals surface area (Å²) in [5.74, 6) is 2.16. The number of anilines is 1. The van der Waals surface area contributed by atoms with E-state index in [0.29, 0.717) is 17.8 Å². The lowest BCUT2D eigenvalue weighted by Crippen LogP contribution is -2.30. The minimum Gasteiger partial charge on any atom is -0.381 e. The van der Waals surface area contributed by atoms with Crippen molar-refractivity contribution in [2.24, 2.45) is 17.3 Å². The maximum Gasteiger partial charge on any atom is 0.227 e. The zero-order chi connectivity index (χ0) is 22.0. The van der Waals surface area contributed by atoms with Crippen LogP contribution < -0.4 is 4.90 Å². The van der Waals surface area contributed by atoms with Crippen LogP contribution in [0, 0.1) is 24.2 Å². The molecule has 0 spiro atoms. The highest BCUT2D eigenvalue weighted by Crippen LogP contribution is 2.59. The molecule has 1 saturated heterocycles. The number of aromatic nitrogens is 4. The summed E-state index contributed by atoms with van der Waals surface area (Å²) in [4.78, 5) is 23.1. The molecule has 6 rings (SSSR count). The van der Waals surface area contributed by atoms with Gasteiger partial charge in [0.15, 0.2) is 5.82 Å². The number of rotatable bonds is 4. The fourth-order valence-electron chi connectivity index (χ4n) is 5.75. The molecule has 2 N–H and O–H groups in total. The van der Waals surface area contributed by atoms with Crippen molar-refractivity contribution in [3.8, 4) is 11.5 Å². The van der Waals surface area contributed by atoms with E-state index < -0.39 is 0 Å². The van der Waals surface area contributed by atoms with E-state index in [1.54, 1.807) is 4.90 Å². The van der Waals surface area contributed by atoms with Gasteiger partial charge in [-0.3, -0.25) is 9.89 Å². The fourth-order valence-corrected chi connectivity index (χ4v) is 5.75. The lowest BCUT2D eigenvalue weighted by atomic mass is 9.88. The van der Waals surface area contributed by atoms with Crippen LogP contribution >= 0.6 is 0 Å². The predicted molar refractivity (Wildman–Crippen MR) is 124 cm³/mol. The largest absolute Gasteiger partial charge is 0.381 e. The number of imidazole rings is 1. The van der Waals surface area contributed by atoms with Gasteiger partial charge in [0.25, 0.3) is 0 Å². The minimum atomic E-state index is 0.156. The summed E-state index contributed by atoms with van der Waals surface area (Å²) in [6, 6.07) is 4.13. The number of nitrogens with one attached hydrogen (secondary N) is 2. The number of aromatic amines is 2. The highest BCUT2D eigenvalue weighted by molar-refractivity contribution is 5.96. The third-order valence-corrected chi connectivity index (χ3v) is 8.09. The predicted octanol–water partition coefficient (Wildman–Crippen LogP) is 4.17. The second-order valence-corrected chi connectivity index (χ2v) is 10.4. The van der Waals surface area contributed by atoms with Gasteiger partial charge in [0.2, 0.25) is 5.91 Å². The van der Waals surface area contributed by atoms with Crippen LogP contribution in [-0.4, -0.2) is 46.3 Å². The van der Waals surface area contributed by atoms with Crippen LogP contribution in [0.3, 0.4) is 0 Å². The first-order valence-corrected chi connectivity index (χ1v) is 11.8. The number of amides is 1. The van der Waals surface area contributed by atoms with Gasteiger partial charge in [-0.2, -0.15) is 5.10 Å². The number of ether oxygens (including phenoxy) is 1. The molecule has 2 aromatic heterocycles. The molecule has 2 atom stereocenters. The van der Waals surface area contributed by atoms with Crippen molar-refractivity contribution in [1.29, 1.82) is 0 Å². The smallest absolute Gasteiger partial charge is 0.227 e. The summed E-state index contributed by atoms with van der Waals surface area (Å²) in [6.45, 7) is 5.96. The average Bonchev–Trinajstić information content (AvgIpc) is 3.06. The Morgan fingerprint density at radius 2 is 2.12 bits per heavy atom. The summed E-state index contributed by atoms with van der Waals surface area (Å²) in [6.07, 6.45) is 5.99. The molecule has 7 heteroatoms. The summed E-state index contributed by atoms with van der Waals surface area (Å²) < 4.78 is 5.43. The van der Waals surface area contributed by atoms with E-state index >= 15 is 0 Å². The Bertz CT molecular complexity index is 1200. The molecule has 1 aliphatic heterocycles. The zero-order valence-electron chi connectivity index (χ0n) is 19.1. The lowest BCUT2D eigenvalue weighted by Gasteiger charge is -2.25. The number of aryl methyl sites for hydroxylation is 1. The van der Waals surface area contributed by atoms with Gasteiger partial charge in [0, 0.05) is 43.6 Å². The maximum absolute atomic E-state index is 13.0. The molecular weight excluding hydrogens is 402 g/mol. The van der Waals surface area contributed by atoms with Gasteiger partial charge in [0.05, 0.1) is 11.0 Å². The number of benzene rings is 1. The molecule has 2 fully saturated rings. The number of fused-ring (bicyclic) bond motifs is 3. The van der Waals surface area contributed by atoms with E-state index in [2.05, 4.69) is 35.1 Å². The number of nitrogens with zero attached hydrogens (tertiary/aromatic N) is 3. The van der Waals surface area contributed by atoms with Gasteiger partial charge in [-0.05, 0) is 74.0 Å². The van der Waals surface area contributed by atoms with Crippen molar-refractivity contribution in [3.63, 3.8) is 0 Å². The fraction of sp³-hybridized carbons (Fsp3) is 0.560. The second-order valence-electron chi connectivity index (χ2n) is 10.4. The summed E-state index contributed by atoms with van der Waals surface area (Å²) in [5, 5.41) is 7.90. The van der Waals surface area contributed by atoms with Crippen LogP contribution in [0.25, 0.3) is 22.6 Å². The monoisotopic (exact) mass is 433 g/mol. The first-order valence-electron chi connectivity index (χ1n) is 11.8. The lowest BCUT2D eigenvalue weighted by molar-refractivity contribution is -0.119. The Morgan fingerprint density at radius 3 is 2.94 bits per heavy atom. The van der Waals surface area contributed by atoms with Crippen molar-refractivity contribution >= 4 is 22.6 Å². The Kier molecular flexibility index (Phi) is 4.47. The van der Waals surface area contributed by atoms with E-state index in [1.165, 1.54) is 17.7 Å². The summed E-state index contributed by atoms with van der Waals surface area (Å²) in [5.41, 5.74) is 7.85. The molecule has 1 aromatic carbocycles. The van der Waals surface area contributed by atoms with E-state index in [0.717, 1.165) is 78.6 Å². The molecule has 2 aliphatic carbocycles. The van der Waals surface area contributed by atoms with Crippen LogP contribution in [0.2, 0.25) is 0 Å². The molecule has 3 aliphatic rings. The van der Waals surface area contributed by atoms with Crippen molar-refractivity contribution in [1.82, 2.24) is 20.2 Å². The van der Waals surface area contributed by atoms with Crippen molar-refractivity contribution in [3.05, 3.63) is 29.0 Å². The van der Waals surface area contributed by atoms with Crippen LogP contribution in [0.4, 0.5) is 5.69 Å². The third kappa shape index (κ3) is 3.25. The molecule has 32 heavy (non-hydrogen) atoms. The SMILES string of the molecule is Cc1cc2[nH]c(-c3n[nH]c4c3C[C@@H]3C[C@]3(C)C4)nc2cc1N(C)C(=O)CC1CCOCC1. The second kappa shape index (κ2) is 7.17. The highest BCUT2D eigenvalue weighted by atomic mass is 16.5. The van der Waals surface area contributed by atoms with Gasteiger partial charge in [-0.25, -0.2) is 4.98 Å². The molecule has 0 bridgehead atoms. The number of hydrogen-bond donors (Lipinski definition) is 2. The number of hydrogen-bond acceptors (Lipinski definition) is 4. The van der Waals surface area contributed by atoms with E-state index in [9.17, 15) is 4.79 Å². The quantitative estimate of drug-likeness (QED) is 0.647. The van der Waals surface area contributed by atoms with Crippen molar-refractivity contribution < 1.29 is 9.53 Å². The molecule has 168 valence electrons. The minimum absolute atomic E-state index is 0.156. The first-order chi connectivity index (χ1) is 15.4. The molecule has 0 unspecified atom stereocenters. The molecular formula is C25H31N5O2. The standard InChI is InChI=1S/C25H31N5O2/c1-14-8-18-19(11-21(14)30(3)22(31)9-15-4-6-32-7-5-15)27-24(26-18)23-17-10-16-12-25(16,2)13-20(17)28-29-23/h8,11,15-16H,4-7,9-10,12-13H2,1-3H3,(H,26,27)(H,28,29)/t16-,25-/m1/s1. The Morgan fingerprint density at radius 1 is 1.31 bits per heavy atom. The van der Waals surface area contributed by atoms with Gasteiger partial charge >= 0.3 is 0 Å². The topological polar surface area (TPSA) is 86.9 Å². The summed E-state index contributed by atoms with van der Waals surface area (Å²) >= 11 is 0. The maximum atomic E-state index is 13.0. The molecule has 7 nitrogen and oxygen atoms in total. The molecule has 1 saturated carbocycles.